The molecular weight excluding hydrogens is 344 g/mol. The third-order valence-electron chi connectivity index (χ3n) is 5.13. The zero-order valence-corrected chi connectivity index (χ0v) is 16.7. The van der Waals surface area contributed by atoms with Crippen molar-refractivity contribution in [2.24, 2.45) is 4.99 Å². The molecule has 2 aromatic rings. The molecule has 1 unspecified atom stereocenters. The molecule has 0 aliphatic carbocycles. The Morgan fingerprint density at radius 3 is 2.77 bits per heavy atom. The zero-order chi connectivity index (χ0) is 18.9. The van der Waals surface area contributed by atoms with Gasteiger partial charge in [0.05, 0.1) is 10.7 Å². The van der Waals surface area contributed by atoms with Gasteiger partial charge in [0.2, 0.25) is 0 Å². The molecule has 0 saturated carbocycles. The standard InChI is InChI=1S/C22H27ClN2O/c1-5-9-25-21-12-20(23)16(10-19(21)15(2)13-22(25,3)4)14-24-17-7-6-8-18(26)11-17/h6-8,10-12,14-15,26H,5,9,13H2,1-4H3. The minimum Gasteiger partial charge on any atom is -0.508 e. The van der Waals surface area contributed by atoms with Crippen LogP contribution in [0.25, 0.3) is 0 Å². The molecule has 0 spiro atoms. The van der Waals surface area contributed by atoms with E-state index in [1.54, 1.807) is 24.4 Å². The molecule has 1 aliphatic heterocycles. The SMILES string of the molecule is CCCN1c2cc(Cl)c(C=Nc3cccc(O)c3)cc2C(C)CC1(C)C. The number of hydrogen-bond donors (Lipinski definition) is 1. The molecule has 138 valence electrons. The molecule has 0 radical (unpaired) electrons. The van der Waals surface area contributed by atoms with Gasteiger partial charge in [-0.15, -0.1) is 0 Å². The van der Waals surface area contributed by atoms with Crippen molar-refractivity contribution < 1.29 is 5.11 Å². The van der Waals surface area contributed by atoms with Gasteiger partial charge in [0.15, 0.2) is 0 Å². The average molecular weight is 371 g/mol. The summed E-state index contributed by atoms with van der Waals surface area (Å²) in [7, 11) is 0. The maximum Gasteiger partial charge on any atom is 0.117 e. The van der Waals surface area contributed by atoms with E-state index in [4.69, 9.17) is 11.6 Å². The Balaban J connectivity index is 2.00. The van der Waals surface area contributed by atoms with Gasteiger partial charge in [-0.1, -0.05) is 31.5 Å². The van der Waals surface area contributed by atoms with Crippen LogP contribution in [0.15, 0.2) is 41.4 Å². The lowest BCUT2D eigenvalue weighted by molar-refractivity contribution is 0.376. The van der Waals surface area contributed by atoms with E-state index in [0.29, 0.717) is 16.6 Å². The molecule has 26 heavy (non-hydrogen) atoms. The minimum atomic E-state index is 0.128. The zero-order valence-electron chi connectivity index (χ0n) is 16.0. The predicted molar refractivity (Wildman–Crippen MR) is 112 cm³/mol. The number of anilines is 1. The molecule has 1 N–H and O–H groups in total. The van der Waals surface area contributed by atoms with Crippen LogP contribution in [0.3, 0.4) is 0 Å². The highest BCUT2D eigenvalue weighted by Gasteiger charge is 2.36. The quantitative estimate of drug-likeness (QED) is 0.641. The molecule has 0 amide bonds. The van der Waals surface area contributed by atoms with Gasteiger partial charge >= 0.3 is 0 Å². The Bertz CT molecular complexity index is 829. The van der Waals surface area contributed by atoms with Crippen molar-refractivity contribution >= 4 is 29.2 Å². The van der Waals surface area contributed by atoms with E-state index in [1.807, 2.05) is 6.07 Å². The molecule has 3 nitrogen and oxygen atoms in total. The van der Waals surface area contributed by atoms with Crippen LogP contribution in [-0.2, 0) is 0 Å². The van der Waals surface area contributed by atoms with Crippen molar-refractivity contribution in [3.8, 4) is 5.75 Å². The summed E-state index contributed by atoms with van der Waals surface area (Å²) in [6.45, 7) is 10.2. The van der Waals surface area contributed by atoms with Crippen LogP contribution < -0.4 is 4.90 Å². The molecule has 0 saturated heterocycles. The van der Waals surface area contributed by atoms with Gasteiger partial charge in [-0.3, -0.25) is 4.99 Å². The number of rotatable bonds is 4. The highest BCUT2D eigenvalue weighted by Crippen LogP contribution is 2.45. The summed E-state index contributed by atoms with van der Waals surface area (Å²) >= 11 is 6.60. The molecule has 0 fully saturated rings. The molecule has 3 rings (SSSR count). The number of phenols is 1. The van der Waals surface area contributed by atoms with E-state index in [0.717, 1.165) is 24.9 Å². The molecule has 2 aromatic carbocycles. The first-order valence-corrected chi connectivity index (χ1v) is 9.64. The topological polar surface area (TPSA) is 35.8 Å². The number of halogens is 1. The first-order valence-electron chi connectivity index (χ1n) is 9.26. The average Bonchev–Trinajstić information content (AvgIpc) is 2.57. The van der Waals surface area contributed by atoms with Crippen molar-refractivity contribution in [2.75, 3.05) is 11.4 Å². The smallest absolute Gasteiger partial charge is 0.117 e. The van der Waals surface area contributed by atoms with Crippen molar-refractivity contribution in [3.05, 3.63) is 52.5 Å². The summed E-state index contributed by atoms with van der Waals surface area (Å²) in [5, 5.41) is 10.3. The fourth-order valence-corrected chi connectivity index (χ4v) is 4.19. The maximum absolute atomic E-state index is 9.58. The number of hydrogen-bond acceptors (Lipinski definition) is 3. The third kappa shape index (κ3) is 3.73. The van der Waals surface area contributed by atoms with Gasteiger partial charge in [-0.25, -0.2) is 0 Å². The molecule has 4 heteroatoms. The summed E-state index contributed by atoms with van der Waals surface area (Å²) in [6.07, 6.45) is 4.01. The monoisotopic (exact) mass is 370 g/mol. The predicted octanol–water partition coefficient (Wildman–Crippen LogP) is 6.30. The number of benzene rings is 2. The lowest BCUT2D eigenvalue weighted by Gasteiger charge is -2.47. The number of aliphatic imine (C=N–C) groups is 1. The number of fused-ring (bicyclic) bond motifs is 1. The Kier molecular flexibility index (Phi) is 5.29. The van der Waals surface area contributed by atoms with Crippen LogP contribution in [0, 0.1) is 0 Å². The highest BCUT2D eigenvalue weighted by molar-refractivity contribution is 6.33. The summed E-state index contributed by atoms with van der Waals surface area (Å²) in [5.74, 6) is 0.681. The van der Waals surface area contributed by atoms with E-state index in [1.165, 1.54) is 11.3 Å². The summed E-state index contributed by atoms with van der Waals surface area (Å²) in [6, 6.07) is 11.2. The van der Waals surface area contributed by atoms with Crippen LogP contribution in [0.1, 0.15) is 57.6 Å². The minimum absolute atomic E-state index is 0.128. The first-order chi connectivity index (χ1) is 12.3. The third-order valence-corrected chi connectivity index (χ3v) is 5.46. The molecule has 1 atom stereocenters. The van der Waals surface area contributed by atoms with Crippen LogP contribution >= 0.6 is 11.6 Å². The molecular formula is C22H27ClN2O. The van der Waals surface area contributed by atoms with Gasteiger partial charge in [0.1, 0.15) is 5.75 Å². The van der Waals surface area contributed by atoms with Crippen molar-refractivity contribution in [2.45, 2.75) is 52.0 Å². The van der Waals surface area contributed by atoms with E-state index in [9.17, 15) is 5.11 Å². The number of phenolic OH excluding ortho intramolecular Hbond substituents is 1. The fourth-order valence-electron chi connectivity index (χ4n) is 3.98. The highest BCUT2D eigenvalue weighted by atomic mass is 35.5. The molecule has 0 bridgehead atoms. The van der Waals surface area contributed by atoms with Crippen LogP contribution in [0.2, 0.25) is 5.02 Å². The van der Waals surface area contributed by atoms with Crippen molar-refractivity contribution in [1.29, 1.82) is 0 Å². The second kappa shape index (κ2) is 7.32. The largest absolute Gasteiger partial charge is 0.508 e. The van der Waals surface area contributed by atoms with Gasteiger partial charge in [0.25, 0.3) is 0 Å². The Labute approximate surface area is 161 Å². The Morgan fingerprint density at radius 1 is 1.31 bits per heavy atom. The van der Waals surface area contributed by atoms with Crippen molar-refractivity contribution in [3.63, 3.8) is 0 Å². The summed E-state index contributed by atoms with van der Waals surface area (Å²) < 4.78 is 0. The Hall–Kier alpha value is -2.00. The van der Waals surface area contributed by atoms with E-state index < -0.39 is 0 Å². The molecule has 0 aromatic heterocycles. The molecule has 1 aliphatic rings. The van der Waals surface area contributed by atoms with Gasteiger partial charge in [0, 0.05) is 35.6 Å². The first kappa shape index (κ1) is 18.8. The lowest BCUT2D eigenvalue weighted by atomic mass is 9.79. The van der Waals surface area contributed by atoms with Gasteiger partial charge in [-0.05, 0) is 62.4 Å². The van der Waals surface area contributed by atoms with Crippen LogP contribution in [-0.4, -0.2) is 23.4 Å². The molecule has 1 heterocycles. The van der Waals surface area contributed by atoms with Crippen molar-refractivity contribution in [1.82, 2.24) is 0 Å². The number of aromatic hydroxyl groups is 1. The van der Waals surface area contributed by atoms with Crippen LogP contribution in [0.5, 0.6) is 5.75 Å². The fraction of sp³-hybridized carbons (Fsp3) is 0.409. The maximum atomic E-state index is 9.58. The normalized spacial score (nSPS) is 19.0. The second-order valence-electron chi connectivity index (χ2n) is 7.78. The van der Waals surface area contributed by atoms with Crippen LogP contribution in [0.4, 0.5) is 11.4 Å². The summed E-state index contributed by atoms with van der Waals surface area (Å²) in [5.41, 5.74) is 4.33. The van der Waals surface area contributed by atoms with E-state index >= 15 is 0 Å². The summed E-state index contributed by atoms with van der Waals surface area (Å²) in [4.78, 5) is 6.96. The van der Waals surface area contributed by atoms with E-state index in [2.05, 4.69) is 49.7 Å². The number of nitrogens with zero attached hydrogens (tertiary/aromatic N) is 2. The Morgan fingerprint density at radius 2 is 2.08 bits per heavy atom. The van der Waals surface area contributed by atoms with E-state index in [-0.39, 0.29) is 11.3 Å². The second-order valence-corrected chi connectivity index (χ2v) is 8.19. The van der Waals surface area contributed by atoms with Gasteiger partial charge < -0.3 is 10.0 Å². The lowest BCUT2D eigenvalue weighted by Crippen LogP contribution is -2.48. The van der Waals surface area contributed by atoms with Gasteiger partial charge in [-0.2, -0.15) is 0 Å².